The number of carbonyl (C=O) groups excluding carboxylic acids is 2. The van der Waals surface area contributed by atoms with Crippen LogP contribution < -0.4 is 10.6 Å². The summed E-state index contributed by atoms with van der Waals surface area (Å²) < 4.78 is 13.8. The summed E-state index contributed by atoms with van der Waals surface area (Å²) in [5.41, 5.74) is 0.896. The van der Waals surface area contributed by atoms with Crippen LogP contribution in [0.25, 0.3) is 10.6 Å². The van der Waals surface area contributed by atoms with E-state index in [9.17, 15) is 14.0 Å². The summed E-state index contributed by atoms with van der Waals surface area (Å²) in [4.78, 5) is 29.5. The molecular formula is C18H15ClFN3O2S2. The lowest BCUT2D eigenvalue weighted by molar-refractivity contribution is -0.119. The van der Waals surface area contributed by atoms with E-state index in [1.165, 1.54) is 41.7 Å². The van der Waals surface area contributed by atoms with Crippen LogP contribution in [0.4, 0.5) is 9.52 Å². The molecule has 2 heterocycles. The Morgan fingerprint density at radius 3 is 2.81 bits per heavy atom. The first-order chi connectivity index (χ1) is 12.9. The molecule has 2 aromatic heterocycles. The smallest absolute Gasteiger partial charge is 0.230 e. The molecule has 27 heavy (non-hydrogen) atoms. The van der Waals surface area contributed by atoms with Crippen LogP contribution in [-0.4, -0.2) is 16.8 Å². The Kier molecular flexibility index (Phi) is 6.20. The first-order valence-corrected chi connectivity index (χ1v) is 10.0. The van der Waals surface area contributed by atoms with Gasteiger partial charge in [-0.25, -0.2) is 9.37 Å². The van der Waals surface area contributed by atoms with Crippen LogP contribution in [-0.2, 0) is 22.6 Å². The Labute approximate surface area is 168 Å². The number of carbonyl (C=O) groups is 2. The molecule has 3 aromatic rings. The van der Waals surface area contributed by atoms with Gasteiger partial charge in [0, 0.05) is 27.8 Å². The van der Waals surface area contributed by atoms with E-state index in [4.69, 9.17) is 11.6 Å². The summed E-state index contributed by atoms with van der Waals surface area (Å²) in [6.45, 7) is 1.94. The van der Waals surface area contributed by atoms with Gasteiger partial charge in [0.25, 0.3) is 0 Å². The molecule has 0 saturated heterocycles. The summed E-state index contributed by atoms with van der Waals surface area (Å²) in [5, 5.41) is 7.90. The average Bonchev–Trinajstić information content (AvgIpc) is 3.25. The predicted molar refractivity (Wildman–Crippen MR) is 107 cm³/mol. The highest BCUT2D eigenvalue weighted by Gasteiger charge is 2.14. The number of hydrogen-bond acceptors (Lipinski definition) is 5. The fourth-order valence-corrected chi connectivity index (χ4v) is 4.23. The number of rotatable bonds is 6. The second kappa shape index (κ2) is 8.60. The molecule has 0 atom stereocenters. The number of nitrogens with zero attached hydrogens (tertiary/aromatic N) is 1. The van der Waals surface area contributed by atoms with Gasteiger partial charge in [0.2, 0.25) is 11.8 Å². The maximum absolute atomic E-state index is 13.8. The molecule has 140 valence electrons. The van der Waals surface area contributed by atoms with Crippen LogP contribution in [0.15, 0.2) is 35.7 Å². The fraction of sp³-hybridized carbons (Fsp3) is 0.167. The lowest BCUT2D eigenvalue weighted by Crippen LogP contribution is -2.17. The molecule has 0 spiro atoms. The summed E-state index contributed by atoms with van der Waals surface area (Å²) >= 11 is 8.75. The number of halogens is 2. The third-order valence-electron chi connectivity index (χ3n) is 3.58. The van der Waals surface area contributed by atoms with Crippen molar-refractivity contribution >= 4 is 51.2 Å². The van der Waals surface area contributed by atoms with Gasteiger partial charge in [-0.3, -0.25) is 9.59 Å². The van der Waals surface area contributed by atoms with Gasteiger partial charge in [-0.1, -0.05) is 17.7 Å². The Hall–Kier alpha value is -2.29. The van der Waals surface area contributed by atoms with Crippen LogP contribution in [0.1, 0.15) is 17.4 Å². The molecular weight excluding hydrogens is 409 g/mol. The minimum Gasteiger partial charge on any atom is -0.351 e. The molecule has 2 amide bonds. The minimum atomic E-state index is -0.511. The van der Waals surface area contributed by atoms with Crippen LogP contribution in [0, 0.1) is 5.82 Å². The zero-order valence-corrected chi connectivity index (χ0v) is 16.6. The maximum atomic E-state index is 13.8. The lowest BCUT2D eigenvalue weighted by Gasteiger charge is -2.05. The van der Waals surface area contributed by atoms with E-state index in [0.29, 0.717) is 11.7 Å². The van der Waals surface area contributed by atoms with Gasteiger partial charge in [-0.15, -0.1) is 22.7 Å². The lowest BCUT2D eigenvalue weighted by atomic mass is 10.1. The fourth-order valence-electron chi connectivity index (χ4n) is 2.29. The zero-order valence-electron chi connectivity index (χ0n) is 14.2. The monoisotopic (exact) mass is 423 g/mol. The number of anilines is 1. The van der Waals surface area contributed by atoms with Gasteiger partial charge < -0.3 is 10.6 Å². The van der Waals surface area contributed by atoms with Crippen LogP contribution in [0.5, 0.6) is 0 Å². The van der Waals surface area contributed by atoms with E-state index in [0.717, 1.165) is 15.4 Å². The third kappa shape index (κ3) is 5.12. The van der Waals surface area contributed by atoms with Crippen molar-refractivity contribution in [1.82, 2.24) is 10.3 Å². The average molecular weight is 424 g/mol. The van der Waals surface area contributed by atoms with Crippen molar-refractivity contribution in [1.29, 1.82) is 0 Å². The Morgan fingerprint density at radius 2 is 2.07 bits per heavy atom. The van der Waals surface area contributed by atoms with Crippen molar-refractivity contribution in [2.75, 3.05) is 5.32 Å². The Balaban J connectivity index is 1.64. The molecule has 9 heteroatoms. The van der Waals surface area contributed by atoms with Crippen LogP contribution in [0.3, 0.4) is 0 Å². The number of hydrogen-bond donors (Lipinski definition) is 2. The standard InChI is InChI=1S/C18H15ClFN3O2S2/c1-10(24)21-8-11-5-6-16(27-11)15-9-26-18(22-15)23-17(25)7-12-13(19)3-2-4-14(12)20/h2-6,9H,7-8H2,1H3,(H,21,24)(H,22,23,25). The minimum absolute atomic E-state index is 0.0847. The number of thiophene rings is 1. The van der Waals surface area contributed by atoms with Gasteiger partial charge in [0.15, 0.2) is 5.13 Å². The topological polar surface area (TPSA) is 71.1 Å². The van der Waals surface area contributed by atoms with E-state index < -0.39 is 5.82 Å². The van der Waals surface area contributed by atoms with Crippen molar-refractivity contribution in [3.8, 4) is 10.6 Å². The number of benzene rings is 1. The highest BCUT2D eigenvalue weighted by molar-refractivity contribution is 7.17. The summed E-state index contributed by atoms with van der Waals surface area (Å²) in [6, 6.07) is 8.15. The van der Waals surface area contributed by atoms with Gasteiger partial charge in [-0.05, 0) is 24.3 Å². The number of amides is 2. The van der Waals surface area contributed by atoms with Gasteiger partial charge in [0.1, 0.15) is 5.82 Å². The van der Waals surface area contributed by atoms with Crippen molar-refractivity contribution in [2.45, 2.75) is 19.9 Å². The Bertz CT molecular complexity index is 966. The third-order valence-corrected chi connectivity index (χ3v) is 5.79. The van der Waals surface area contributed by atoms with Gasteiger partial charge in [-0.2, -0.15) is 0 Å². The van der Waals surface area contributed by atoms with E-state index in [2.05, 4.69) is 15.6 Å². The highest BCUT2D eigenvalue weighted by atomic mass is 35.5. The molecule has 0 unspecified atom stereocenters. The summed E-state index contributed by atoms with van der Waals surface area (Å²) in [6.07, 6.45) is -0.166. The molecule has 0 saturated carbocycles. The van der Waals surface area contributed by atoms with Crippen LogP contribution in [0.2, 0.25) is 5.02 Å². The predicted octanol–water partition coefficient (Wildman–Crippen LogP) is 4.48. The van der Waals surface area contributed by atoms with Crippen molar-refractivity contribution in [2.24, 2.45) is 0 Å². The molecule has 0 fully saturated rings. The highest BCUT2D eigenvalue weighted by Crippen LogP contribution is 2.31. The first-order valence-electron chi connectivity index (χ1n) is 7.94. The first kappa shape index (κ1) is 19.5. The van der Waals surface area contributed by atoms with Crippen molar-refractivity contribution in [3.63, 3.8) is 0 Å². The molecule has 0 aliphatic rings. The van der Waals surface area contributed by atoms with E-state index in [1.54, 1.807) is 6.07 Å². The molecule has 2 N–H and O–H groups in total. The molecule has 5 nitrogen and oxygen atoms in total. The molecule has 0 bridgehead atoms. The summed E-state index contributed by atoms with van der Waals surface area (Å²) in [7, 11) is 0. The molecule has 0 aliphatic heterocycles. The second-order valence-electron chi connectivity index (χ2n) is 5.64. The molecule has 0 aliphatic carbocycles. The molecule has 0 radical (unpaired) electrons. The Morgan fingerprint density at radius 1 is 1.26 bits per heavy atom. The molecule has 3 rings (SSSR count). The van der Waals surface area contributed by atoms with E-state index >= 15 is 0 Å². The van der Waals surface area contributed by atoms with Crippen molar-refractivity contribution in [3.05, 3.63) is 57.0 Å². The normalized spacial score (nSPS) is 10.6. The van der Waals surface area contributed by atoms with Crippen LogP contribution >= 0.6 is 34.3 Å². The summed E-state index contributed by atoms with van der Waals surface area (Å²) in [5.74, 6) is -0.984. The van der Waals surface area contributed by atoms with E-state index in [-0.39, 0.29) is 28.8 Å². The zero-order chi connectivity index (χ0) is 19.4. The maximum Gasteiger partial charge on any atom is 0.230 e. The van der Waals surface area contributed by atoms with E-state index in [1.807, 2.05) is 17.5 Å². The second-order valence-corrected chi connectivity index (χ2v) is 8.07. The number of aromatic nitrogens is 1. The molecule has 1 aromatic carbocycles. The number of nitrogens with one attached hydrogen (secondary N) is 2. The largest absolute Gasteiger partial charge is 0.351 e. The van der Waals surface area contributed by atoms with Crippen molar-refractivity contribution < 1.29 is 14.0 Å². The van der Waals surface area contributed by atoms with Gasteiger partial charge in [0.05, 0.1) is 23.5 Å². The number of thiazole rings is 1. The quantitative estimate of drug-likeness (QED) is 0.614. The van der Waals surface area contributed by atoms with Gasteiger partial charge >= 0.3 is 0 Å². The SMILES string of the molecule is CC(=O)NCc1ccc(-c2csc(NC(=O)Cc3c(F)cccc3Cl)n2)s1.